The molecule has 1 radical (unpaired) electrons. The van der Waals surface area contributed by atoms with Crippen molar-refractivity contribution in [2.45, 2.75) is 0 Å². The van der Waals surface area contributed by atoms with Gasteiger partial charge in [0.1, 0.15) is 6.67 Å². The van der Waals surface area contributed by atoms with Gasteiger partial charge in [0.25, 0.3) is 0 Å². The average Bonchev–Trinajstić information content (AvgIpc) is 1.41. The molecule has 0 nitrogen and oxygen atoms in total. The van der Waals surface area contributed by atoms with E-state index in [1.54, 1.807) is 0 Å². The molecule has 27 valence electrons. The second-order valence-corrected chi connectivity index (χ2v) is 0.525. The standard InChI is InChI=1S/C4H4F/c1-2-3-4-5/h1,3H,4H2. The molecule has 0 spiro atoms. The molecule has 0 fully saturated rings. The summed E-state index contributed by atoms with van der Waals surface area (Å²) in [5, 5.41) is 0. The first-order chi connectivity index (χ1) is 2.41. The van der Waals surface area contributed by atoms with Crippen LogP contribution >= 0.6 is 0 Å². The summed E-state index contributed by atoms with van der Waals surface area (Å²) in [5.41, 5.74) is 2.02. The lowest BCUT2D eigenvalue weighted by Gasteiger charge is -1.56. The SMILES string of the molecule is [CH]=C=CCF. The van der Waals surface area contributed by atoms with E-state index < -0.39 is 6.67 Å². The lowest BCUT2D eigenvalue weighted by molar-refractivity contribution is 0.562. The van der Waals surface area contributed by atoms with Crippen molar-refractivity contribution in [2.24, 2.45) is 0 Å². The van der Waals surface area contributed by atoms with Crippen LogP contribution in [0.5, 0.6) is 0 Å². The van der Waals surface area contributed by atoms with Gasteiger partial charge < -0.3 is 0 Å². The third-order valence-electron chi connectivity index (χ3n) is 0.195. The first kappa shape index (κ1) is 4.45. The molecule has 0 saturated heterocycles. The molecule has 0 unspecified atom stereocenters. The summed E-state index contributed by atoms with van der Waals surface area (Å²) >= 11 is 0. The molecule has 0 amide bonds. The fourth-order valence-corrected chi connectivity index (χ4v) is 0.0445. The molecule has 0 aliphatic rings. The Hall–Kier alpha value is -0.550. The Morgan fingerprint density at radius 2 is 2.60 bits per heavy atom. The van der Waals surface area contributed by atoms with Crippen molar-refractivity contribution < 1.29 is 4.39 Å². The molecule has 0 aromatic carbocycles. The van der Waals surface area contributed by atoms with Gasteiger partial charge in [0, 0.05) is 0 Å². The summed E-state index contributed by atoms with van der Waals surface area (Å²) in [6, 6.07) is 0. The van der Waals surface area contributed by atoms with E-state index in [1.165, 1.54) is 0 Å². The summed E-state index contributed by atoms with van der Waals surface area (Å²) < 4.78 is 10.8. The van der Waals surface area contributed by atoms with E-state index in [9.17, 15) is 4.39 Å². The van der Waals surface area contributed by atoms with E-state index in [0.29, 0.717) is 0 Å². The topological polar surface area (TPSA) is 0 Å². The Morgan fingerprint density at radius 3 is 2.60 bits per heavy atom. The van der Waals surface area contributed by atoms with Gasteiger partial charge in [-0.2, -0.15) is 0 Å². The van der Waals surface area contributed by atoms with Crippen molar-refractivity contribution in [2.75, 3.05) is 6.67 Å². The molecule has 0 rings (SSSR count). The summed E-state index contributed by atoms with van der Waals surface area (Å²) in [4.78, 5) is 0. The number of halogens is 1. The number of hydrogen-bond donors (Lipinski definition) is 0. The maximum Gasteiger partial charge on any atom is 0.115 e. The molecular weight excluding hydrogens is 67.0 g/mol. The van der Waals surface area contributed by atoms with E-state index in [2.05, 4.69) is 6.58 Å². The number of allylic oxidation sites excluding steroid dienone is 1. The van der Waals surface area contributed by atoms with Gasteiger partial charge in [-0.05, 0) is 12.7 Å². The summed E-state index contributed by atoms with van der Waals surface area (Å²) in [5.74, 6) is 0. The van der Waals surface area contributed by atoms with Crippen molar-refractivity contribution in [3.05, 3.63) is 18.4 Å². The first-order valence-corrected chi connectivity index (χ1v) is 1.25. The quantitative estimate of drug-likeness (QED) is 0.406. The van der Waals surface area contributed by atoms with Crippen molar-refractivity contribution >= 4 is 0 Å². The lowest BCUT2D eigenvalue weighted by Crippen LogP contribution is -1.50. The van der Waals surface area contributed by atoms with Gasteiger partial charge in [0.2, 0.25) is 0 Å². The highest BCUT2D eigenvalue weighted by Crippen LogP contribution is 1.62. The summed E-state index contributed by atoms with van der Waals surface area (Å²) in [7, 11) is 0. The minimum absolute atomic E-state index is 0.517. The van der Waals surface area contributed by atoms with E-state index in [4.69, 9.17) is 0 Å². The second-order valence-electron chi connectivity index (χ2n) is 0.525. The number of rotatable bonds is 1. The number of alkyl halides is 1. The van der Waals surface area contributed by atoms with Crippen LogP contribution in [0.2, 0.25) is 0 Å². The molecule has 0 aliphatic carbocycles. The van der Waals surface area contributed by atoms with Crippen LogP contribution in [-0.4, -0.2) is 6.67 Å². The van der Waals surface area contributed by atoms with Crippen LogP contribution < -0.4 is 0 Å². The lowest BCUT2D eigenvalue weighted by atomic mass is 10.7. The minimum Gasteiger partial charge on any atom is -0.246 e. The van der Waals surface area contributed by atoms with E-state index in [-0.39, 0.29) is 0 Å². The Balaban J connectivity index is 2.93. The van der Waals surface area contributed by atoms with Gasteiger partial charge >= 0.3 is 0 Å². The van der Waals surface area contributed by atoms with Crippen molar-refractivity contribution in [3.8, 4) is 0 Å². The van der Waals surface area contributed by atoms with Gasteiger partial charge in [-0.25, -0.2) is 4.39 Å². The predicted molar refractivity (Wildman–Crippen MR) is 18.4 cm³/mol. The van der Waals surface area contributed by atoms with E-state index in [0.717, 1.165) is 6.08 Å². The molecule has 0 saturated carbocycles. The zero-order valence-corrected chi connectivity index (χ0v) is 2.74. The van der Waals surface area contributed by atoms with Gasteiger partial charge in [-0.1, -0.05) is 0 Å². The van der Waals surface area contributed by atoms with Crippen molar-refractivity contribution in [3.63, 3.8) is 0 Å². The Labute approximate surface area is 30.6 Å². The highest BCUT2D eigenvalue weighted by molar-refractivity contribution is 4.70. The largest absolute Gasteiger partial charge is 0.246 e. The first-order valence-electron chi connectivity index (χ1n) is 1.25. The minimum atomic E-state index is -0.517. The van der Waals surface area contributed by atoms with Crippen LogP contribution in [-0.2, 0) is 0 Å². The Morgan fingerprint density at radius 1 is 2.00 bits per heavy atom. The van der Waals surface area contributed by atoms with Crippen LogP contribution in [0.25, 0.3) is 0 Å². The molecule has 5 heavy (non-hydrogen) atoms. The molecule has 0 aromatic heterocycles. The molecule has 0 N–H and O–H groups in total. The third-order valence-corrected chi connectivity index (χ3v) is 0.195. The monoisotopic (exact) mass is 71.0 g/mol. The maximum absolute atomic E-state index is 10.8. The van der Waals surface area contributed by atoms with E-state index in [1.807, 2.05) is 5.73 Å². The third kappa shape index (κ3) is 3.45. The fourth-order valence-electron chi connectivity index (χ4n) is 0.0445. The number of hydrogen-bond acceptors (Lipinski definition) is 0. The van der Waals surface area contributed by atoms with E-state index >= 15 is 0 Å². The molecule has 0 aliphatic heterocycles. The molecule has 0 atom stereocenters. The highest BCUT2D eigenvalue weighted by atomic mass is 19.1. The second kappa shape index (κ2) is 3.45. The van der Waals surface area contributed by atoms with Crippen LogP contribution in [0.1, 0.15) is 0 Å². The fraction of sp³-hybridized carbons (Fsp3) is 0.250. The van der Waals surface area contributed by atoms with Gasteiger partial charge in [-0.3, -0.25) is 0 Å². The van der Waals surface area contributed by atoms with Crippen LogP contribution in [0.3, 0.4) is 0 Å². The summed E-state index contributed by atoms with van der Waals surface area (Å²) in [6.45, 7) is 4.08. The smallest absolute Gasteiger partial charge is 0.115 e. The summed E-state index contributed by atoms with van der Waals surface area (Å²) in [6.07, 6.45) is 1.11. The normalized spacial score (nSPS) is 5.80. The highest BCUT2D eigenvalue weighted by Gasteiger charge is 1.53. The molecule has 1 heteroatoms. The van der Waals surface area contributed by atoms with Crippen LogP contribution in [0.4, 0.5) is 4.39 Å². The Bertz CT molecular complexity index is 50.7. The molecule has 0 bridgehead atoms. The average molecular weight is 71.1 g/mol. The molecular formula is C4H4F. The van der Waals surface area contributed by atoms with Crippen LogP contribution in [0, 0.1) is 6.58 Å². The predicted octanol–water partition coefficient (Wildman–Crippen LogP) is 1.10. The molecule has 0 aromatic rings. The van der Waals surface area contributed by atoms with Gasteiger partial charge in [0.15, 0.2) is 0 Å². The maximum atomic E-state index is 10.8. The Kier molecular flexibility index (Phi) is 3.07. The van der Waals surface area contributed by atoms with Gasteiger partial charge in [0.05, 0.1) is 0 Å². The zero-order valence-electron chi connectivity index (χ0n) is 2.74. The molecule has 0 heterocycles. The van der Waals surface area contributed by atoms with Crippen molar-refractivity contribution in [1.29, 1.82) is 0 Å². The van der Waals surface area contributed by atoms with Crippen LogP contribution in [0.15, 0.2) is 11.8 Å². The van der Waals surface area contributed by atoms with Gasteiger partial charge in [-0.15, -0.1) is 5.73 Å². The van der Waals surface area contributed by atoms with Crippen molar-refractivity contribution in [1.82, 2.24) is 0 Å². The zero-order chi connectivity index (χ0) is 4.12.